The van der Waals surface area contributed by atoms with E-state index in [-0.39, 0.29) is 24.7 Å². The van der Waals surface area contributed by atoms with Crippen molar-refractivity contribution in [2.75, 3.05) is 6.54 Å². The molecule has 1 aliphatic carbocycles. The van der Waals surface area contributed by atoms with Gasteiger partial charge in [0.15, 0.2) is 0 Å². The molecule has 0 heterocycles. The van der Waals surface area contributed by atoms with Crippen molar-refractivity contribution in [2.45, 2.75) is 44.7 Å². The molecular weight excluding hydrogens is 268 g/mol. The van der Waals surface area contributed by atoms with E-state index in [1.807, 2.05) is 25.1 Å². The largest absolute Gasteiger partial charge is 0.480 e. The van der Waals surface area contributed by atoms with Crippen LogP contribution in [0.1, 0.15) is 31.7 Å². The summed E-state index contributed by atoms with van der Waals surface area (Å²) >= 11 is 0. The number of aryl methyl sites for hydroxylation is 1. The molecule has 5 nitrogen and oxygen atoms in total. The minimum atomic E-state index is -0.964. The number of urea groups is 1. The van der Waals surface area contributed by atoms with Gasteiger partial charge in [0, 0.05) is 12.1 Å². The Morgan fingerprint density at radius 3 is 2.57 bits per heavy atom. The van der Waals surface area contributed by atoms with E-state index >= 15 is 0 Å². The molecule has 0 aliphatic heterocycles. The number of rotatable bonds is 7. The molecule has 21 heavy (non-hydrogen) atoms. The normalized spacial score (nSPS) is 15.3. The third-order valence-electron chi connectivity index (χ3n) is 3.63. The maximum absolute atomic E-state index is 12.1. The fourth-order valence-corrected chi connectivity index (χ4v) is 2.29. The van der Waals surface area contributed by atoms with E-state index in [1.54, 1.807) is 0 Å². The molecule has 1 fully saturated rings. The lowest BCUT2D eigenvalue weighted by atomic mass is 10.1. The Bertz CT molecular complexity index is 486. The number of carbonyl (C=O) groups excluding carboxylic acids is 1. The van der Waals surface area contributed by atoms with Gasteiger partial charge in [-0.05, 0) is 38.2 Å². The topological polar surface area (TPSA) is 69.6 Å². The molecule has 1 aliphatic rings. The zero-order chi connectivity index (χ0) is 15.2. The highest BCUT2D eigenvalue weighted by atomic mass is 16.4. The molecule has 0 radical (unpaired) electrons. The van der Waals surface area contributed by atoms with Crippen LogP contribution in [-0.2, 0) is 11.2 Å². The van der Waals surface area contributed by atoms with Crippen molar-refractivity contribution in [3.63, 3.8) is 0 Å². The van der Waals surface area contributed by atoms with E-state index in [0.29, 0.717) is 0 Å². The quantitative estimate of drug-likeness (QED) is 0.809. The van der Waals surface area contributed by atoms with Gasteiger partial charge in [-0.2, -0.15) is 0 Å². The van der Waals surface area contributed by atoms with Gasteiger partial charge >= 0.3 is 12.0 Å². The summed E-state index contributed by atoms with van der Waals surface area (Å²) in [5, 5.41) is 11.8. The van der Waals surface area contributed by atoms with Gasteiger partial charge in [0.25, 0.3) is 0 Å². The first-order chi connectivity index (χ1) is 10.1. The molecule has 0 spiro atoms. The van der Waals surface area contributed by atoms with Gasteiger partial charge in [0.05, 0.1) is 0 Å². The number of hydrogen-bond donors (Lipinski definition) is 2. The lowest BCUT2D eigenvalue weighted by molar-refractivity contribution is -0.137. The number of benzene rings is 1. The maximum Gasteiger partial charge on any atom is 0.323 e. The summed E-state index contributed by atoms with van der Waals surface area (Å²) in [6.07, 6.45) is 3.53. The van der Waals surface area contributed by atoms with Crippen LogP contribution >= 0.6 is 0 Å². The Morgan fingerprint density at radius 2 is 2.00 bits per heavy atom. The van der Waals surface area contributed by atoms with E-state index in [9.17, 15) is 9.59 Å². The van der Waals surface area contributed by atoms with Crippen LogP contribution in [-0.4, -0.2) is 40.6 Å². The van der Waals surface area contributed by atoms with Crippen molar-refractivity contribution in [2.24, 2.45) is 0 Å². The third-order valence-corrected chi connectivity index (χ3v) is 3.63. The highest BCUT2D eigenvalue weighted by Gasteiger charge is 2.34. The van der Waals surface area contributed by atoms with Crippen molar-refractivity contribution in [1.82, 2.24) is 10.2 Å². The first-order valence-corrected chi connectivity index (χ1v) is 7.39. The first-order valence-electron chi connectivity index (χ1n) is 7.39. The zero-order valence-electron chi connectivity index (χ0n) is 12.3. The lowest BCUT2D eigenvalue weighted by Crippen LogP contribution is -2.47. The molecule has 1 unspecified atom stereocenters. The van der Waals surface area contributed by atoms with Crippen molar-refractivity contribution in [3.05, 3.63) is 35.9 Å². The lowest BCUT2D eigenvalue weighted by Gasteiger charge is -2.23. The van der Waals surface area contributed by atoms with Gasteiger partial charge < -0.3 is 15.3 Å². The highest BCUT2D eigenvalue weighted by molar-refractivity contribution is 5.80. The molecule has 1 aromatic rings. The highest BCUT2D eigenvalue weighted by Crippen LogP contribution is 2.26. The molecule has 114 valence electrons. The summed E-state index contributed by atoms with van der Waals surface area (Å²) in [7, 11) is 0. The third kappa shape index (κ3) is 5.10. The number of carbonyl (C=O) groups is 2. The summed E-state index contributed by atoms with van der Waals surface area (Å²) in [5.41, 5.74) is 1.24. The predicted molar refractivity (Wildman–Crippen MR) is 80.1 cm³/mol. The van der Waals surface area contributed by atoms with Gasteiger partial charge in [-0.1, -0.05) is 30.3 Å². The fourth-order valence-electron chi connectivity index (χ4n) is 2.29. The van der Waals surface area contributed by atoms with Gasteiger partial charge in [-0.3, -0.25) is 4.79 Å². The molecule has 1 atom stereocenters. The Hall–Kier alpha value is -2.04. The molecule has 5 heteroatoms. The van der Waals surface area contributed by atoms with E-state index in [4.69, 9.17) is 5.11 Å². The maximum atomic E-state index is 12.1. The smallest absolute Gasteiger partial charge is 0.323 e. The summed E-state index contributed by atoms with van der Waals surface area (Å²) in [6, 6.07) is 9.97. The standard InChI is InChI=1S/C16H22N2O3/c1-12(7-8-13-5-3-2-4-6-13)17-16(21)18(11-15(19)20)14-9-10-14/h2-6,12,14H,7-11H2,1H3,(H,17,21)(H,19,20). The first kappa shape index (κ1) is 15.4. The van der Waals surface area contributed by atoms with Crippen LogP contribution in [0.5, 0.6) is 0 Å². The molecule has 0 aromatic heterocycles. The summed E-state index contributed by atoms with van der Waals surface area (Å²) < 4.78 is 0. The number of nitrogens with zero attached hydrogens (tertiary/aromatic N) is 1. The molecule has 0 bridgehead atoms. The van der Waals surface area contributed by atoms with Crippen LogP contribution in [0.25, 0.3) is 0 Å². The molecule has 2 N–H and O–H groups in total. The number of amides is 2. The van der Waals surface area contributed by atoms with E-state index in [2.05, 4.69) is 17.4 Å². The molecule has 1 saturated carbocycles. The summed E-state index contributed by atoms with van der Waals surface area (Å²) in [4.78, 5) is 24.4. The summed E-state index contributed by atoms with van der Waals surface area (Å²) in [5.74, 6) is -0.964. The number of hydrogen-bond acceptors (Lipinski definition) is 2. The SMILES string of the molecule is CC(CCc1ccccc1)NC(=O)N(CC(=O)O)C1CC1. The van der Waals surface area contributed by atoms with Crippen LogP contribution in [0.3, 0.4) is 0 Å². The molecular formula is C16H22N2O3. The second-order valence-corrected chi connectivity index (χ2v) is 5.63. The second-order valence-electron chi connectivity index (χ2n) is 5.63. The fraction of sp³-hybridized carbons (Fsp3) is 0.500. The van der Waals surface area contributed by atoms with Crippen LogP contribution in [0, 0.1) is 0 Å². The molecule has 1 aromatic carbocycles. The van der Waals surface area contributed by atoms with Crippen LogP contribution in [0.2, 0.25) is 0 Å². The van der Waals surface area contributed by atoms with Crippen LogP contribution in [0.4, 0.5) is 4.79 Å². The Balaban J connectivity index is 1.79. The van der Waals surface area contributed by atoms with E-state index < -0.39 is 5.97 Å². The van der Waals surface area contributed by atoms with Crippen molar-refractivity contribution in [1.29, 1.82) is 0 Å². The molecule has 2 rings (SSSR count). The van der Waals surface area contributed by atoms with Crippen molar-refractivity contribution >= 4 is 12.0 Å². The van der Waals surface area contributed by atoms with Gasteiger partial charge in [-0.25, -0.2) is 4.79 Å². The minimum Gasteiger partial charge on any atom is -0.480 e. The Kier molecular flexibility index (Phi) is 5.20. The minimum absolute atomic E-state index is 0.0211. The average molecular weight is 290 g/mol. The van der Waals surface area contributed by atoms with Gasteiger partial charge in [0.1, 0.15) is 6.54 Å². The predicted octanol–water partition coefficient (Wildman–Crippen LogP) is 2.27. The number of carboxylic acid groups (broad SMARTS) is 1. The average Bonchev–Trinajstić information content (AvgIpc) is 3.28. The van der Waals surface area contributed by atoms with Crippen molar-refractivity contribution < 1.29 is 14.7 Å². The van der Waals surface area contributed by atoms with Crippen LogP contribution < -0.4 is 5.32 Å². The van der Waals surface area contributed by atoms with Crippen LogP contribution in [0.15, 0.2) is 30.3 Å². The van der Waals surface area contributed by atoms with Gasteiger partial charge in [0.2, 0.25) is 0 Å². The number of aliphatic carboxylic acids is 1. The van der Waals surface area contributed by atoms with Crippen molar-refractivity contribution in [3.8, 4) is 0 Å². The van der Waals surface area contributed by atoms with E-state index in [0.717, 1.165) is 25.7 Å². The Morgan fingerprint density at radius 1 is 1.33 bits per heavy atom. The number of carboxylic acids is 1. The molecule has 2 amide bonds. The number of nitrogens with one attached hydrogen (secondary N) is 1. The monoisotopic (exact) mass is 290 g/mol. The molecule has 0 saturated heterocycles. The van der Waals surface area contributed by atoms with E-state index in [1.165, 1.54) is 10.5 Å². The van der Waals surface area contributed by atoms with Gasteiger partial charge in [-0.15, -0.1) is 0 Å². The Labute approximate surface area is 125 Å². The summed E-state index contributed by atoms with van der Waals surface area (Å²) in [6.45, 7) is 1.73. The second kappa shape index (κ2) is 7.11. The zero-order valence-corrected chi connectivity index (χ0v) is 12.3.